The Balaban J connectivity index is 1.79. The molecule has 0 spiro atoms. The van der Waals surface area contributed by atoms with E-state index < -0.39 is 0 Å². The van der Waals surface area contributed by atoms with Crippen molar-refractivity contribution < 1.29 is 0 Å². The highest BCUT2D eigenvalue weighted by atomic mass is 79.9. The van der Waals surface area contributed by atoms with Crippen molar-refractivity contribution >= 4 is 43.7 Å². The summed E-state index contributed by atoms with van der Waals surface area (Å²) in [5.74, 6) is 0. The topological polar surface area (TPSA) is 42.1 Å². The molecule has 0 saturated carbocycles. The molecule has 17 heavy (non-hydrogen) atoms. The van der Waals surface area contributed by atoms with Crippen LogP contribution in [0.2, 0.25) is 0 Å². The zero-order valence-corrected chi connectivity index (χ0v) is 12.7. The van der Waals surface area contributed by atoms with Crippen LogP contribution in [0.25, 0.3) is 0 Å². The minimum atomic E-state index is 0.657. The quantitative estimate of drug-likeness (QED) is 0.914. The van der Waals surface area contributed by atoms with Gasteiger partial charge >= 0.3 is 0 Å². The first-order chi connectivity index (χ1) is 8.13. The Morgan fingerprint density at radius 2 is 2.24 bits per heavy atom. The molecular weight excluding hydrogens is 318 g/mol. The summed E-state index contributed by atoms with van der Waals surface area (Å²) in [5, 5.41) is 4.87. The third-order valence-corrected chi connectivity index (χ3v) is 4.67. The van der Waals surface area contributed by atoms with Gasteiger partial charge in [0.05, 0.1) is 9.48 Å². The molecule has 0 bridgehead atoms. The van der Waals surface area contributed by atoms with Crippen LogP contribution in [-0.4, -0.2) is 23.5 Å². The highest BCUT2D eigenvalue weighted by Crippen LogP contribution is 2.21. The smallest absolute Gasteiger partial charge is 0.180 e. The first-order valence-electron chi connectivity index (χ1n) is 5.25. The van der Waals surface area contributed by atoms with Gasteiger partial charge in [0.25, 0.3) is 0 Å². The molecule has 2 aromatic rings. The number of nitrogens with two attached hydrogens (primary N) is 1. The molecule has 92 valence electrons. The lowest BCUT2D eigenvalue weighted by Gasteiger charge is -2.14. The first kappa shape index (κ1) is 13.0. The molecule has 0 aromatic carbocycles. The van der Waals surface area contributed by atoms with Crippen molar-refractivity contribution in [1.82, 2.24) is 9.88 Å². The van der Waals surface area contributed by atoms with Gasteiger partial charge in [-0.3, -0.25) is 0 Å². The van der Waals surface area contributed by atoms with Gasteiger partial charge < -0.3 is 10.6 Å². The number of hydrogen-bond acceptors (Lipinski definition) is 5. The molecular formula is C11H14BrN3S2. The van der Waals surface area contributed by atoms with Crippen molar-refractivity contribution in [3.63, 3.8) is 0 Å². The maximum Gasteiger partial charge on any atom is 0.180 e. The maximum absolute atomic E-state index is 5.60. The van der Waals surface area contributed by atoms with Crippen molar-refractivity contribution in [3.05, 3.63) is 31.9 Å². The molecule has 0 saturated heterocycles. The number of hydrogen-bond donors (Lipinski definition) is 1. The van der Waals surface area contributed by atoms with Gasteiger partial charge in [-0.2, -0.15) is 0 Å². The number of thiophene rings is 1. The fourth-order valence-corrected chi connectivity index (χ4v) is 3.36. The van der Waals surface area contributed by atoms with Gasteiger partial charge in [0.2, 0.25) is 0 Å². The van der Waals surface area contributed by atoms with Gasteiger partial charge in [-0.05, 0) is 40.0 Å². The molecule has 3 nitrogen and oxygen atoms in total. The van der Waals surface area contributed by atoms with E-state index in [0.29, 0.717) is 5.13 Å². The number of anilines is 1. The monoisotopic (exact) mass is 331 g/mol. The van der Waals surface area contributed by atoms with E-state index in [-0.39, 0.29) is 0 Å². The summed E-state index contributed by atoms with van der Waals surface area (Å²) < 4.78 is 1.19. The number of nitrogens with zero attached hydrogens (tertiary/aromatic N) is 2. The average Bonchev–Trinajstić information content (AvgIpc) is 2.85. The summed E-state index contributed by atoms with van der Waals surface area (Å²) in [6.07, 6.45) is 0.954. The van der Waals surface area contributed by atoms with Crippen LogP contribution in [0, 0.1) is 0 Å². The van der Waals surface area contributed by atoms with Crippen LogP contribution >= 0.6 is 38.6 Å². The standard InChI is InChI=1S/C11H14BrN3S2/c1-15(5-8-4-10(12)16-6-8)3-2-9-7-17-11(13)14-9/h4,6-7H,2-3,5H2,1H3,(H2,13,14). The zero-order valence-electron chi connectivity index (χ0n) is 9.52. The fourth-order valence-electron chi connectivity index (χ4n) is 1.56. The largest absolute Gasteiger partial charge is 0.375 e. The molecule has 0 radical (unpaired) electrons. The molecule has 0 aliphatic rings. The summed E-state index contributed by atoms with van der Waals surface area (Å²) in [5.41, 5.74) is 8.04. The summed E-state index contributed by atoms with van der Waals surface area (Å²) in [4.78, 5) is 6.55. The van der Waals surface area contributed by atoms with Crippen LogP contribution < -0.4 is 5.73 Å². The normalized spacial score (nSPS) is 11.2. The van der Waals surface area contributed by atoms with Crippen LogP contribution in [0.15, 0.2) is 20.6 Å². The molecule has 0 fully saturated rings. The summed E-state index contributed by atoms with van der Waals surface area (Å²) in [7, 11) is 2.13. The second kappa shape index (κ2) is 5.95. The van der Waals surface area contributed by atoms with Crippen LogP contribution in [0.3, 0.4) is 0 Å². The predicted octanol–water partition coefficient (Wildman–Crippen LogP) is 3.22. The number of thiazole rings is 1. The Morgan fingerprint density at radius 1 is 1.41 bits per heavy atom. The number of halogens is 1. The predicted molar refractivity (Wildman–Crippen MR) is 78.6 cm³/mol. The molecule has 0 atom stereocenters. The van der Waals surface area contributed by atoms with E-state index in [1.165, 1.54) is 20.7 Å². The third kappa shape index (κ3) is 4.06. The summed E-state index contributed by atoms with van der Waals surface area (Å²) in [6, 6.07) is 2.17. The Morgan fingerprint density at radius 3 is 2.82 bits per heavy atom. The molecule has 6 heteroatoms. The molecule has 0 aliphatic heterocycles. The van der Waals surface area contributed by atoms with Crippen molar-refractivity contribution in [3.8, 4) is 0 Å². The van der Waals surface area contributed by atoms with Crippen LogP contribution in [-0.2, 0) is 13.0 Å². The highest BCUT2D eigenvalue weighted by Gasteiger charge is 2.04. The second-order valence-corrected chi connectivity index (χ2v) is 7.10. The lowest BCUT2D eigenvalue weighted by Crippen LogP contribution is -2.20. The minimum absolute atomic E-state index is 0.657. The average molecular weight is 332 g/mol. The highest BCUT2D eigenvalue weighted by molar-refractivity contribution is 9.11. The summed E-state index contributed by atoms with van der Waals surface area (Å²) >= 11 is 6.71. The number of aromatic nitrogens is 1. The Hall–Kier alpha value is -0.430. The van der Waals surface area contributed by atoms with Gasteiger partial charge in [-0.1, -0.05) is 0 Å². The van der Waals surface area contributed by atoms with Crippen molar-refractivity contribution in [2.24, 2.45) is 0 Å². The fraction of sp³-hybridized carbons (Fsp3) is 0.364. The molecule has 0 aliphatic carbocycles. The summed E-state index contributed by atoms with van der Waals surface area (Å²) in [6.45, 7) is 1.97. The van der Waals surface area contributed by atoms with Crippen molar-refractivity contribution in [1.29, 1.82) is 0 Å². The second-order valence-electron chi connectivity index (χ2n) is 3.92. The van der Waals surface area contributed by atoms with Crippen LogP contribution in [0.4, 0.5) is 5.13 Å². The molecule has 0 amide bonds. The lowest BCUT2D eigenvalue weighted by molar-refractivity contribution is 0.330. The van der Waals surface area contributed by atoms with Gasteiger partial charge in [-0.25, -0.2) is 4.98 Å². The van der Waals surface area contributed by atoms with Crippen LogP contribution in [0.5, 0.6) is 0 Å². The van der Waals surface area contributed by atoms with Gasteiger partial charge in [0.15, 0.2) is 5.13 Å². The SMILES string of the molecule is CN(CCc1csc(N)n1)Cc1csc(Br)c1. The van der Waals surface area contributed by atoms with E-state index in [1.807, 2.05) is 5.38 Å². The molecule has 0 unspecified atom stereocenters. The molecule has 2 aromatic heterocycles. The van der Waals surface area contributed by atoms with Gasteiger partial charge in [-0.15, -0.1) is 22.7 Å². The van der Waals surface area contributed by atoms with Crippen molar-refractivity contribution in [2.45, 2.75) is 13.0 Å². The van der Waals surface area contributed by atoms with Gasteiger partial charge in [0.1, 0.15) is 0 Å². The number of likely N-dealkylation sites (N-methyl/N-ethyl adjacent to an activating group) is 1. The van der Waals surface area contributed by atoms with Crippen LogP contribution in [0.1, 0.15) is 11.3 Å². The zero-order chi connectivity index (χ0) is 12.3. The Kier molecular flexibility index (Phi) is 4.55. The van der Waals surface area contributed by atoms with E-state index in [9.17, 15) is 0 Å². The number of rotatable bonds is 5. The molecule has 2 N–H and O–H groups in total. The van der Waals surface area contributed by atoms with E-state index in [1.54, 1.807) is 11.3 Å². The maximum atomic E-state index is 5.60. The first-order valence-corrected chi connectivity index (χ1v) is 7.80. The number of nitrogen functional groups attached to an aromatic ring is 1. The lowest BCUT2D eigenvalue weighted by atomic mass is 10.3. The van der Waals surface area contributed by atoms with E-state index >= 15 is 0 Å². The third-order valence-electron chi connectivity index (χ3n) is 2.39. The Bertz CT molecular complexity index is 481. The molecule has 2 rings (SSSR count). The van der Waals surface area contributed by atoms with E-state index in [2.05, 4.69) is 44.3 Å². The van der Waals surface area contributed by atoms with E-state index in [4.69, 9.17) is 5.73 Å². The molecule has 2 heterocycles. The Labute approximate surface area is 117 Å². The van der Waals surface area contributed by atoms with Gasteiger partial charge in [0, 0.05) is 24.9 Å². The van der Waals surface area contributed by atoms with Crippen molar-refractivity contribution in [2.75, 3.05) is 19.3 Å². The minimum Gasteiger partial charge on any atom is -0.375 e. The van der Waals surface area contributed by atoms with E-state index in [0.717, 1.165) is 25.2 Å².